The Kier molecular flexibility index (Phi) is 3.09. The average Bonchev–Trinajstić information content (AvgIpc) is 3.32. The molecule has 28 heavy (non-hydrogen) atoms. The molecular formula is C18H9ClN8S. The van der Waals surface area contributed by atoms with Gasteiger partial charge in [-0.15, -0.1) is 20.1 Å². The molecule has 0 saturated heterocycles. The zero-order valence-electron chi connectivity index (χ0n) is 14.0. The molecule has 6 rings (SSSR count). The number of hydrogen-bond acceptors (Lipinski definition) is 6. The van der Waals surface area contributed by atoms with Gasteiger partial charge < -0.3 is 0 Å². The van der Waals surface area contributed by atoms with Gasteiger partial charge in [-0.05, 0) is 24.4 Å². The first-order chi connectivity index (χ1) is 13.7. The smallest absolute Gasteiger partial charge is 0.248 e. The maximum Gasteiger partial charge on any atom is 0.271 e. The molecule has 3 heterocycles. The maximum absolute atomic E-state index is 6.35. The summed E-state index contributed by atoms with van der Waals surface area (Å²) in [5, 5.41) is 23.3. The third kappa shape index (κ3) is 2.05. The topological polar surface area (TPSA) is 89.6 Å². The van der Waals surface area contributed by atoms with Gasteiger partial charge in [0.25, 0.3) is 5.78 Å². The number of benzene rings is 3. The van der Waals surface area contributed by atoms with Crippen LogP contribution in [-0.4, -0.2) is 39.8 Å². The lowest BCUT2D eigenvalue weighted by molar-refractivity contribution is 0.766. The van der Waals surface area contributed by atoms with Gasteiger partial charge in [-0.25, -0.2) is 10.1 Å². The Morgan fingerprint density at radius 3 is 2.32 bits per heavy atom. The van der Waals surface area contributed by atoms with Crippen LogP contribution < -0.4 is 0 Å². The van der Waals surface area contributed by atoms with Crippen LogP contribution in [0.3, 0.4) is 0 Å². The summed E-state index contributed by atoms with van der Waals surface area (Å²) in [6.45, 7) is 0. The first kappa shape index (κ1) is 15.6. The van der Waals surface area contributed by atoms with E-state index in [9.17, 15) is 0 Å². The molecule has 8 nitrogen and oxygen atoms in total. The third-order valence-corrected chi connectivity index (χ3v) is 5.20. The number of aromatic nitrogens is 8. The minimum atomic E-state index is 0.365. The van der Waals surface area contributed by atoms with Crippen molar-refractivity contribution >= 4 is 62.4 Å². The lowest BCUT2D eigenvalue weighted by Crippen LogP contribution is -1.99. The van der Waals surface area contributed by atoms with Crippen molar-refractivity contribution in [2.75, 3.05) is 0 Å². The highest BCUT2D eigenvalue weighted by Crippen LogP contribution is 2.32. The Morgan fingerprint density at radius 2 is 1.50 bits per heavy atom. The molecule has 3 aromatic heterocycles. The number of nitrogens with zero attached hydrogens (tertiary/aromatic N) is 7. The van der Waals surface area contributed by atoms with Gasteiger partial charge in [-0.3, -0.25) is 0 Å². The first-order valence-corrected chi connectivity index (χ1v) is 9.17. The molecule has 3 aromatic carbocycles. The maximum atomic E-state index is 6.35. The fourth-order valence-corrected chi connectivity index (χ4v) is 3.74. The number of rotatable bonds is 1. The second kappa shape index (κ2) is 5.54. The van der Waals surface area contributed by atoms with E-state index in [-0.39, 0.29) is 0 Å². The van der Waals surface area contributed by atoms with Crippen LogP contribution in [-0.2, 0) is 0 Å². The minimum absolute atomic E-state index is 0.365. The molecule has 0 atom stereocenters. The summed E-state index contributed by atoms with van der Waals surface area (Å²) in [5.41, 5.74) is 3.30. The first-order valence-electron chi connectivity index (χ1n) is 8.38. The van der Waals surface area contributed by atoms with E-state index < -0.39 is 0 Å². The Balaban J connectivity index is 1.85. The largest absolute Gasteiger partial charge is 0.271 e. The summed E-state index contributed by atoms with van der Waals surface area (Å²) in [4.78, 5) is 6.19. The summed E-state index contributed by atoms with van der Waals surface area (Å²) in [6.07, 6.45) is 0. The Labute approximate surface area is 166 Å². The van der Waals surface area contributed by atoms with Crippen molar-refractivity contribution in [3.05, 3.63) is 58.3 Å². The third-order valence-electron chi connectivity index (χ3n) is 4.61. The molecule has 0 saturated carbocycles. The number of H-pyrrole nitrogens is 1. The van der Waals surface area contributed by atoms with Crippen molar-refractivity contribution in [2.24, 2.45) is 0 Å². The summed E-state index contributed by atoms with van der Waals surface area (Å²) < 4.78 is 1.85. The molecule has 0 aliphatic heterocycles. The highest BCUT2D eigenvalue weighted by molar-refractivity contribution is 7.71. The molecule has 134 valence electrons. The van der Waals surface area contributed by atoms with Crippen molar-refractivity contribution in [1.29, 1.82) is 0 Å². The van der Waals surface area contributed by atoms with Gasteiger partial charge in [0.05, 0.1) is 5.02 Å². The van der Waals surface area contributed by atoms with Gasteiger partial charge in [0, 0.05) is 10.8 Å². The van der Waals surface area contributed by atoms with Crippen LogP contribution in [0, 0.1) is 4.77 Å². The summed E-state index contributed by atoms with van der Waals surface area (Å²) in [6, 6.07) is 15.3. The van der Waals surface area contributed by atoms with Crippen molar-refractivity contribution in [1.82, 2.24) is 39.8 Å². The number of hydrogen-bond donors (Lipinski definition) is 1. The lowest BCUT2D eigenvalue weighted by atomic mass is 10.1. The molecule has 6 aromatic rings. The van der Waals surface area contributed by atoms with Gasteiger partial charge in [0.1, 0.15) is 27.8 Å². The predicted molar refractivity (Wildman–Crippen MR) is 108 cm³/mol. The molecule has 0 spiro atoms. The second-order valence-corrected chi connectivity index (χ2v) is 7.03. The van der Waals surface area contributed by atoms with E-state index in [1.54, 1.807) is 6.07 Å². The normalized spacial score (nSPS) is 11.9. The molecule has 1 N–H and O–H groups in total. The minimum Gasteiger partial charge on any atom is -0.248 e. The van der Waals surface area contributed by atoms with Gasteiger partial charge in [-0.2, -0.15) is 9.61 Å². The lowest BCUT2D eigenvalue weighted by Gasteiger charge is -2.03. The van der Waals surface area contributed by atoms with E-state index >= 15 is 0 Å². The van der Waals surface area contributed by atoms with Crippen LogP contribution in [0.2, 0.25) is 5.02 Å². The average molecular weight is 405 g/mol. The number of aromatic amines is 1. The molecule has 0 aliphatic rings. The highest BCUT2D eigenvalue weighted by Gasteiger charge is 2.18. The van der Waals surface area contributed by atoms with Crippen molar-refractivity contribution in [2.45, 2.75) is 0 Å². The SMILES string of the molecule is S=c1[nH]nc2nc3c4ccccc4c4nn(-c5ccccc5Cl)nc4c3nn12. The summed E-state index contributed by atoms with van der Waals surface area (Å²) in [7, 11) is 0. The molecular weight excluding hydrogens is 396 g/mol. The van der Waals surface area contributed by atoms with Crippen LogP contribution >= 0.6 is 23.8 Å². The van der Waals surface area contributed by atoms with Crippen molar-refractivity contribution < 1.29 is 0 Å². The fourth-order valence-electron chi connectivity index (χ4n) is 3.36. The monoisotopic (exact) mass is 404 g/mol. The van der Waals surface area contributed by atoms with Crippen molar-refractivity contribution in [3.63, 3.8) is 0 Å². The summed E-state index contributed by atoms with van der Waals surface area (Å²) in [5.74, 6) is 0.403. The van der Waals surface area contributed by atoms with Crippen LogP contribution in [0.15, 0.2) is 48.5 Å². The van der Waals surface area contributed by atoms with Gasteiger partial charge >= 0.3 is 0 Å². The van der Waals surface area contributed by atoms with E-state index in [4.69, 9.17) is 28.9 Å². The standard InChI is InChI=1S/C18H9ClN8S/c19-11-7-3-4-8-12(11)27-24-14-10-6-2-1-5-9(10)13-15(16(14)25-27)23-26-17(20-13)21-22-18(26)28/h1-8H,(H,22,28). The number of para-hydroxylation sites is 1. The molecule has 0 radical (unpaired) electrons. The van der Waals surface area contributed by atoms with E-state index in [1.807, 2.05) is 42.5 Å². The second-order valence-electron chi connectivity index (χ2n) is 6.23. The summed E-state index contributed by atoms with van der Waals surface area (Å²) >= 11 is 11.6. The molecule has 0 unspecified atom stereocenters. The molecule has 0 fully saturated rings. The highest BCUT2D eigenvalue weighted by atomic mass is 35.5. The quantitative estimate of drug-likeness (QED) is 0.330. The number of halogens is 1. The molecule has 0 bridgehead atoms. The van der Waals surface area contributed by atoms with Gasteiger partial charge in [0.2, 0.25) is 4.77 Å². The Hall–Kier alpha value is -3.43. The van der Waals surface area contributed by atoms with E-state index in [1.165, 1.54) is 9.31 Å². The fraction of sp³-hybridized carbons (Fsp3) is 0. The predicted octanol–water partition coefficient (Wildman–Crippen LogP) is 3.88. The number of nitrogens with one attached hydrogen (secondary N) is 1. The van der Waals surface area contributed by atoms with Crippen LogP contribution in [0.5, 0.6) is 0 Å². The van der Waals surface area contributed by atoms with Crippen LogP contribution in [0.25, 0.3) is 44.3 Å². The zero-order valence-corrected chi connectivity index (χ0v) is 15.6. The van der Waals surface area contributed by atoms with Crippen LogP contribution in [0.4, 0.5) is 0 Å². The molecule has 10 heteroatoms. The molecule has 0 amide bonds. The van der Waals surface area contributed by atoms with Gasteiger partial charge in [0.15, 0.2) is 0 Å². The molecule has 0 aliphatic carbocycles. The van der Waals surface area contributed by atoms with E-state index in [2.05, 4.69) is 25.4 Å². The number of fused-ring (bicyclic) bond motifs is 7. The van der Waals surface area contributed by atoms with Gasteiger partial charge in [-0.1, -0.05) is 48.0 Å². The van der Waals surface area contributed by atoms with E-state index in [0.717, 1.165) is 10.8 Å². The van der Waals surface area contributed by atoms with Crippen LogP contribution in [0.1, 0.15) is 0 Å². The Bertz CT molecular complexity index is 1610. The zero-order chi connectivity index (χ0) is 18.8. The Morgan fingerprint density at radius 1 is 0.821 bits per heavy atom. The van der Waals surface area contributed by atoms with E-state index in [0.29, 0.717) is 43.3 Å². The van der Waals surface area contributed by atoms with Crippen molar-refractivity contribution in [3.8, 4) is 5.69 Å².